The summed E-state index contributed by atoms with van der Waals surface area (Å²) in [6.07, 6.45) is 8.25. The molecule has 0 aromatic heterocycles. The van der Waals surface area contributed by atoms with Crippen LogP contribution < -0.4 is 0 Å². The van der Waals surface area contributed by atoms with E-state index in [9.17, 15) is 0 Å². The Morgan fingerprint density at radius 2 is 1.11 bits per heavy atom. The molecule has 0 aliphatic rings. The van der Waals surface area contributed by atoms with Crippen LogP contribution in [0, 0.1) is 0 Å². The van der Waals surface area contributed by atoms with E-state index in [1.54, 1.807) is 0 Å². The van der Waals surface area contributed by atoms with E-state index < -0.39 is 0 Å². The Labute approximate surface area is 124 Å². The maximum absolute atomic E-state index is 3.46. The second-order valence-corrected chi connectivity index (χ2v) is 5.66. The number of benzene rings is 2. The van der Waals surface area contributed by atoms with Crippen LogP contribution in [0.3, 0.4) is 0 Å². The molecule has 90 valence electrons. The van der Waals surface area contributed by atoms with Crippen LogP contribution in [0.2, 0.25) is 0 Å². The van der Waals surface area contributed by atoms with Crippen LogP contribution in [-0.4, -0.2) is 0 Å². The first-order chi connectivity index (χ1) is 8.74. The van der Waals surface area contributed by atoms with Gasteiger partial charge in [-0.25, -0.2) is 0 Å². The van der Waals surface area contributed by atoms with Gasteiger partial charge in [0.1, 0.15) is 0 Å². The van der Waals surface area contributed by atoms with Gasteiger partial charge in [0, 0.05) is 8.95 Å². The van der Waals surface area contributed by atoms with Gasteiger partial charge in [0.25, 0.3) is 0 Å². The Bertz CT molecular complexity index is 530. The van der Waals surface area contributed by atoms with Gasteiger partial charge in [0.2, 0.25) is 0 Å². The van der Waals surface area contributed by atoms with Crippen molar-refractivity contribution in [3.05, 3.63) is 80.8 Å². The van der Waals surface area contributed by atoms with Gasteiger partial charge < -0.3 is 0 Å². The molecule has 2 rings (SSSR count). The molecule has 2 aromatic rings. The Hall–Kier alpha value is -1.12. The largest absolute Gasteiger partial charge is 0.0617 e. The summed E-state index contributed by atoms with van der Waals surface area (Å²) in [4.78, 5) is 0. The van der Waals surface area contributed by atoms with Crippen LogP contribution in [0.4, 0.5) is 0 Å². The molecule has 0 nitrogen and oxygen atoms in total. The normalized spacial score (nSPS) is 11.4. The van der Waals surface area contributed by atoms with E-state index in [4.69, 9.17) is 0 Å². The third-order valence-corrected chi connectivity index (χ3v) is 3.37. The van der Waals surface area contributed by atoms with Gasteiger partial charge in [-0.05, 0) is 35.4 Å². The molecule has 0 aliphatic carbocycles. The van der Waals surface area contributed by atoms with Gasteiger partial charge in [-0.15, -0.1) is 0 Å². The molecular weight excluding hydrogens is 352 g/mol. The number of rotatable bonds is 3. The van der Waals surface area contributed by atoms with Crippen LogP contribution in [0.25, 0.3) is 12.2 Å². The van der Waals surface area contributed by atoms with Gasteiger partial charge in [-0.1, -0.05) is 80.4 Å². The summed E-state index contributed by atoms with van der Waals surface area (Å²) in [5.41, 5.74) is 2.37. The highest BCUT2D eigenvalue weighted by Crippen LogP contribution is 2.14. The molecule has 0 spiro atoms. The molecule has 0 saturated carbocycles. The smallest absolute Gasteiger partial charge is 0.0181 e. The van der Waals surface area contributed by atoms with Crippen molar-refractivity contribution in [2.45, 2.75) is 0 Å². The number of halogens is 2. The third kappa shape index (κ3) is 4.28. The molecule has 0 heterocycles. The molecule has 2 heteroatoms. The summed E-state index contributed by atoms with van der Waals surface area (Å²) in [6.45, 7) is 0. The molecule has 0 N–H and O–H groups in total. The van der Waals surface area contributed by atoms with E-state index in [0.29, 0.717) is 0 Å². The molecule has 0 fully saturated rings. The minimum Gasteiger partial charge on any atom is -0.0617 e. The fourth-order valence-electron chi connectivity index (χ4n) is 1.55. The zero-order valence-electron chi connectivity index (χ0n) is 9.68. The lowest BCUT2D eigenvalue weighted by molar-refractivity contribution is 1.60. The third-order valence-electron chi connectivity index (χ3n) is 2.39. The van der Waals surface area contributed by atoms with Crippen LogP contribution >= 0.6 is 31.9 Å². The number of allylic oxidation sites excluding steroid dienone is 2. The second kappa shape index (κ2) is 6.72. The van der Waals surface area contributed by atoms with Crippen molar-refractivity contribution in [1.29, 1.82) is 0 Å². The first-order valence-electron chi connectivity index (χ1n) is 5.60. The van der Waals surface area contributed by atoms with Crippen molar-refractivity contribution in [3.8, 4) is 0 Å². The summed E-state index contributed by atoms with van der Waals surface area (Å²) in [5, 5.41) is 0. The highest BCUT2D eigenvalue weighted by atomic mass is 79.9. The molecule has 0 saturated heterocycles. The fourth-order valence-corrected chi connectivity index (χ4v) is 2.39. The van der Waals surface area contributed by atoms with E-state index in [2.05, 4.69) is 68.3 Å². The Balaban J connectivity index is 2.03. The van der Waals surface area contributed by atoms with Crippen LogP contribution in [0.5, 0.6) is 0 Å². The van der Waals surface area contributed by atoms with Crippen molar-refractivity contribution >= 4 is 44.0 Å². The average molecular weight is 364 g/mol. The van der Waals surface area contributed by atoms with Gasteiger partial charge in [0.05, 0.1) is 0 Å². The molecule has 0 unspecified atom stereocenters. The predicted molar refractivity (Wildman–Crippen MR) is 86.4 cm³/mol. The van der Waals surface area contributed by atoms with Crippen LogP contribution in [0.1, 0.15) is 11.1 Å². The van der Waals surface area contributed by atoms with Gasteiger partial charge in [0.15, 0.2) is 0 Å². The molecule has 0 atom stereocenters. The first kappa shape index (κ1) is 13.3. The summed E-state index contributed by atoms with van der Waals surface area (Å²) in [7, 11) is 0. The van der Waals surface area contributed by atoms with Gasteiger partial charge in [-0.3, -0.25) is 0 Å². The van der Waals surface area contributed by atoms with E-state index in [1.165, 1.54) is 11.1 Å². The van der Waals surface area contributed by atoms with E-state index >= 15 is 0 Å². The first-order valence-corrected chi connectivity index (χ1v) is 7.18. The summed E-state index contributed by atoms with van der Waals surface area (Å²) in [5.74, 6) is 0. The van der Waals surface area contributed by atoms with Crippen LogP contribution in [-0.2, 0) is 0 Å². The average Bonchev–Trinajstić information content (AvgIpc) is 2.35. The Morgan fingerprint density at radius 3 is 1.50 bits per heavy atom. The van der Waals surface area contributed by atoms with Gasteiger partial charge in [-0.2, -0.15) is 0 Å². The monoisotopic (exact) mass is 362 g/mol. The Kier molecular flexibility index (Phi) is 4.97. The van der Waals surface area contributed by atoms with E-state index in [0.717, 1.165) is 8.95 Å². The maximum Gasteiger partial charge on any atom is 0.0181 e. The summed E-state index contributed by atoms with van der Waals surface area (Å²) in [6, 6.07) is 16.4. The number of hydrogen-bond acceptors (Lipinski definition) is 0. The molecule has 18 heavy (non-hydrogen) atoms. The molecule has 2 aromatic carbocycles. The predicted octanol–water partition coefficient (Wildman–Crippen LogP) is 5.94. The second-order valence-electron chi connectivity index (χ2n) is 3.83. The molecule has 0 amide bonds. The molecule has 0 radical (unpaired) electrons. The van der Waals surface area contributed by atoms with Crippen molar-refractivity contribution in [2.75, 3.05) is 0 Å². The van der Waals surface area contributed by atoms with E-state index in [1.807, 2.05) is 36.4 Å². The zero-order chi connectivity index (χ0) is 12.8. The maximum atomic E-state index is 3.46. The number of hydrogen-bond donors (Lipinski definition) is 0. The molecule has 0 aliphatic heterocycles. The van der Waals surface area contributed by atoms with Gasteiger partial charge >= 0.3 is 0 Å². The van der Waals surface area contributed by atoms with Crippen molar-refractivity contribution in [2.24, 2.45) is 0 Å². The van der Waals surface area contributed by atoms with Crippen molar-refractivity contribution in [3.63, 3.8) is 0 Å². The topological polar surface area (TPSA) is 0 Å². The summed E-state index contributed by atoms with van der Waals surface area (Å²) >= 11 is 6.92. The standard InChI is InChI=1S/C16H12Br2/c17-15-9-3-7-13(11-15)5-1-2-6-14-8-4-10-16(18)12-14/h1-12H. The highest BCUT2D eigenvalue weighted by Gasteiger charge is 1.88. The summed E-state index contributed by atoms with van der Waals surface area (Å²) < 4.78 is 2.20. The SMILES string of the molecule is Brc1cccc(C=CC=Cc2cccc(Br)c2)c1. The highest BCUT2D eigenvalue weighted by molar-refractivity contribution is 9.10. The minimum atomic E-state index is 1.10. The lowest BCUT2D eigenvalue weighted by Gasteiger charge is -1.94. The molecule has 0 bridgehead atoms. The lowest BCUT2D eigenvalue weighted by Crippen LogP contribution is -1.71. The van der Waals surface area contributed by atoms with Crippen LogP contribution in [0.15, 0.2) is 69.6 Å². The fraction of sp³-hybridized carbons (Fsp3) is 0. The minimum absolute atomic E-state index is 1.10. The van der Waals surface area contributed by atoms with Crippen molar-refractivity contribution in [1.82, 2.24) is 0 Å². The Morgan fingerprint density at radius 1 is 0.667 bits per heavy atom. The zero-order valence-corrected chi connectivity index (χ0v) is 12.9. The lowest BCUT2D eigenvalue weighted by atomic mass is 10.2. The quantitative estimate of drug-likeness (QED) is 0.592. The molecular formula is C16H12Br2. The van der Waals surface area contributed by atoms with E-state index in [-0.39, 0.29) is 0 Å². The van der Waals surface area contributed by atoms with Crippen molar-refractivity contribution < 1.29 is 0 Å².